The zero-order valence-electron chi connectivity index (χ0n) is 15.6. The van der Waals surface area contributed by atoms with Crippen molar-refractivity contribution in [3.05, 3.63) is 54.2 Å². The Bertz CT molecular complexity index is 1090. The minimum atomic E-state index is -0.928. The molecule has 2 heterocycles. The van der Waals surface area contributed by atoms with Gasteiger partial charge in [-0.05, 0) is 24.3 Å². The lowest BCUT2D eigenvalue weighted by molar-refractivity contribution is -0.148. The topological polar surface area (TPSA) is 129 Å². The van der Waals surface area contributed by atoms with E-state index in [2.05, 4.69) is 16.0 Å². The molecular weight excluding hydrogens is 394 g/mol. The summed E-state index contributed by atoms with van der Waals surface area (Å²) in [5.41, 5.74) is 5.35. The van der Waals surface area contributed by atoms with Crippen LogP contribution in [0.4, 0.5) is 0 Å². The first-order valence-electron chi connectivity index (χ1n) is 9.06. The average Bonchev–Trinajstić information content (AvgIpc) is 3.18. The molecule has 3 aromatic rings. The Balaban J connectivity index is 1.20. The van der Waals surface area contributed by atoms with Gasteiger partial charge in [0, 0.05) is 5.39 Å². The van der Waals surface area contributed by atoms with Crippen molar-refractivity contribution >= 4 is 28.8 Å². The number of hydrogen-bond donors (Lipinski definition) is 2. The maximum absolute atomic E-state index is 12.1. The summed E-state index contributed by atoms with van der Waals surface area (Å²) in [6.07, 6.45) is -1.08. The molecule has 0 spiro atoms. The molecule has 4 rings (SSSR count). The molecule has 10 nitrogen and oxygen atoms in total. The summed E-state index contributed by atoms with van der Waals surface area (Å²) in [5.74, 6) is -0.991. The van der Waals surface area contributed by atoms with E-state index in [9.17, 15) is 14.4 Å². The Morgan fingerprint density at radius 2 is 1.80 bits per heavy atom. The summed E-state index contributed by atoms with van der Waals surface area (Å²) < 4.78 is 21.0. The first-order valence-corrected chi connectivity index (χ1v) is 9.06. The predicted molar refractivity (Wildman–Crippen MR) is 101 cm³/mol. The van der Waals surface area contributed by atoms with E-state index in [1.807, 2.05) is 0 Å². The molecule has 0 unspecified atom stereocenters. The molecule has 0 fully saturated rings. The van der Waals surface area contributed by atoms with Gasteiger partial charge in [0.25, 0.3) is 11.8 Å². The summed E-state index contributed by atoms with van der Waals surface area (Å²) in [7, 11) is 0. The van der Waals surface area contributed by atoms with Crippen LogP contribution >= 0.6 is 0 Å². The Hall–Kier alpha value is -4.08. The van der Waals surface area contributed by atoms with E-state index in [-0.39, 0.29) is 13.0 Å². The van der Waals surface area contributed by atoms with Crippen LogP contribution in [0, 0.1) is 0 Å². The molecule has 0 saturated carbocycles. The molecule has 2 amide bonds. The fourth-order valence-electron chi connectivity index (χ4n) is 2.80. The number of ether oxygens (including phenoxy) is 3. The highest BCUT2D eigenvalue weighted by Crippen LogP contribution is 2.30. The third-order valence-corrected chi connectivity index (χ3v) is 4.25. The van der Waals surface area contributed by atoms with Crippen LogP contribution in [-0.4, -0.2) is 42.3 Å². The van der Waals surface area contributed by atoms with E-state index in [0.717, 1.165) is 0 Å². The smallest absolute Gasteiger partial charge is 0.312 e. The number of hydrazine groups is 1. The highest BCUT2D eigenvalue weighted by molar-refractivity contribution is 5.87. The molecule has 1 atom stereocenters. The van der Waals surface area contributed by atoms with Crippen LogP contribution in [0.5, 0.6) is 11.5 Å². The van der Waals surface area contributed by atoms with E-state index in [0.29, 0.717) is 28.2 Å². The molecule has 1 aromatic heterocycles. The summed E-state index contributed by atoms with van der Waals surface area (Å²) in [4.78, 5) is 35.9. The number of carbonyl (C=O) groups is 3. The molecule has 2 N–H and O–H groups in total. The van der Waals surface area contributed by atoms with Crippen LogP contribution in [-0.2, 0) is 25.5 Å². The molecule has 2 aromatic carbocycles. The molecule has 154 valence electrons. The quantitative estimate of drug-likeness (QED) is 0.468. The maximum atomic E-state index is 12.1. The number of aromatic nitrogens is 1. The standard InChI is InChI=1S/C20H17N3O7/c24-18(11-28-19(25)9-13-12-5-1-2-6-14(12)30-23-13)21-22-20(26)17-10-27-15-7-3-4-8-16(15)29-17/h1-8,17H,9-11H2,(H,21,24)(H,22,26)/t17-/m0/s1. The van der Waals surface area contributed by atoms with Gasteiger partial charge in [0.1, 0.15) is 12.3 Å². The van der Waals surface area contributed by atoms with E-state index in [1.54, 1.807) is 48.5 Å². The van der Waals surface area contributed by atoms with Crippen LogP contribution in [0.25, 0.3) is 11.0 Å². The van der Waals surface area contributed by atoms with E-state index in [4.69, 9.17) is 18.7 Å². The predicted octanol–water partition coefficient (Wildman–Crippen LogP) is 0.901. The van der Waals surface area contributed by atoms with Crippen molar-refractivity contribution in [1.29, 1.82) is 0 Å². The van der Waals surface area contributed by atoms with E-state index >= 15 is 0 Å². The SMILES string of the molecule is O=C(COC(=O)Cc1noc2ccccc12)NNC(=O)[C@@H]1COc2ccccc2O1. The van der Waals surface area contributed by atoms with Crippen molar-refractivity contribution in [3.63, 3.8) is 0 Å². The number of amides is 2. The third kappa shape index (κ3) is 4.32. The minimum absolute atomic E-state index is 0.000635. The highest BCUT2D eigenvalue weighted by atomic mass is 16.6. The van der Waals surface area contributed by atoms with Gasteiger partial charge in [-0.15, -0.1) is 0 Å². The molecule has 0 bridgehead atoms. The molecule has 1 aliphatic rings. The van der Waals surface area contributed by atoms with Crippen LogP contribution in [0.2, 0.25) is 0 Å². The van der Waals surface area contributed by atoms with Crippen LogP contribution in [0.3, 0.4) is 0 Å². The lowest BCUT2D eigenvalue weighted by atomic mass is 10.2. The maximum Gasteiger partial charge on any atom is 0.312 e. The zero-order chi connectivity index (χ0) is 20.9. The third-order valence-electron chi connectivity index (χ3n) is 4.25. The number of fused-ring (bicyclic) bond motifs is 2. The Labute approximate surface area is 170 Å². The molecule has 0 saturated heterocycles. The average molecular weight is 411 g/mol. The lowest BCUT2D eigenvalue weighted by Crippen LogP contribution is -2.51. The first-order chi connectivity index (χ1) is 14.6. The van der Waals surface area contributed by atoms with Crippen LogP contribution in [0.15, 0.2) is 53.1 Å². The van der Waals surface area contributed by atoms with Crippen molar-refractivity contribution < 1.29 is 33.1 Å². The van der Waals surface area contributed by atoms with E-state index < -0.39 is 30.5 Å². The number of esters is 1. The van der Waals surface area contributed by atoms with Crippen molar-refractivity contribution in [2.75, 3.05) is 13.2 Å². The summed E-state index contributed by atoms with van der Waals surface area (Å²) in [5, 5.41) is 4.53. The second-order valence-corrected chi connectivity index (χ2v) is 6.36. The minimum Gasteiger partial charge on any atom is -0.485 e. The van der Waals surface area contributed by atoms with Crippen molar-refractivity contribution in [2.24, 2.45) is 0 Å². The van der Waals surface area contributed by atoms with Crippen LogP contribution < -0.4 is 20.3 Å². The van der Waals surface area contributed by atoms with Gasteiger partial charge in [0.05, 0.1) is 6.42 Å². The molecular formula is C20H17N3O7. The number of benzene rings is 2. The number of rotatable bonds is 5. The van der Waals surface area contributed by atoms with Gasteiger partial charge < -0.3 is 18.7 Å². The Morgan fingerprint density at radius 1 is 1.03 bits per heavy atom. The van der Waals surface area contributed by atoms with Crippen molar-refractivity contribution in [1.82, 2.24) is 16.0 Å². The number of para-hydroxylation sites is 3. The Kier molecular flexibility index (Phi) is 5.46. The van der Waals surface area contributed by atoms with Gasteiger partial charge in [-0.2, -0.15) is 0 Å². The van der Waals surface area contributed by atoms with Gasteiger partial charge >= 0.3 is 5.97 Å². The van der Waals surface area contributed by atoms with Crippen molar-refractivity contribution in [3.8, 4) is 11.5 Å². The largest absolute Gasteiger partial charge is 0.485 e. The fourth-order valence-corrected chi connectivity index (χ4v) is 2.80. The molecule has 0 radical (unpaired) electrons. The number of nitrogens with zero attached hydrogens (tertiary/aromatic N) is 1. The second kappa shape index (κ2) is 8.52. The van der Waals surface area contributed by atoms with Crippen LogP contribution in [0.1, 0.15) is 5.69 Å². The number of carbonyl (C=O) groups excluding carboxylic acids is 3. The molecule has 30 heavy (non-hydrogen) atoms. The lowest BCUT2D eigenvalue weighted by Gasteiger charge is -2.25. The van der Waals surface area contributed by atoms with Crippen molar-refractivity contribution in [2.45, 2.75) is 12.5 Å². The van der Waals surface area contributed by atoms with Gasteiger partial charge in [-0.3, -0.25) is 25.2 Å². The summed E-state index contributed by atoms with van der Waals surface area (Å²) in [6.45, 7) is -0.570. The first kappa shape index (κ1) is 19.2. The molecule has 1 aliphatic heterocycles. The van der Waals surface area contributed by atoms with E-state index in [1.165, 1.54) is 0 Å². The molecule has 0 aliphatic carbocycles. The van der Waals surface area contributed by atoms with Gasteiger partial charge in [-0.25, -0.2) is 0 Å². The Morgan fingerprint density at radius 3 is 2.67 bits per heavy atom. The number of nitrogens with one attached hydrogen (secondary N) is 2. The van der Waals surface area contributed by atoms with Gasteiger partial charge in [-0.1, -0.05) is 29.4 Å². The number of hydrogen-bond acceptors (Lipinski definition) is 8. The molecule has 10 heteroatoms. The fraction of sp³-hybridized carbons (Fsp3) is 0.200. The summed E-state index contributed by atoms with van der Waals surface area (Å²) in [6, 6.07) is 14.0. The monoisotopic (exact) mass is 411 g/mol. The zero-order valence-corrected chi connectivity index (χ0v) is 15.6. The van der Waals surface area contributed by atoms with Gasteiger partial charge in [0.15, 0.2) is 23.7 Å². The van der Waals surface area contributed by atoms with Gasteiger partial charge in [0.2, 0.25) is 6.10 Å². The highest BCUT2D eigenvalue weighted by Gasteiger charge is 2.27. The normalized spacial score (nSPS) is 14.7. The second-order valence-electron chi connectivity index (χ2n) is 6.36. The summed E-state index contributed by atoms with van der Waals surface area (Å²) >= 11 is 0.